The van der Waals surface area contributed by atoms with Crippen LogP contribution in [0.25, 0.3) is 0 Å². The molecule has 2 nitrogen and oxygen atoms in total. The fourth-order valence-corrected chi connectivity index (χ4v) is 2.04. The molecule has 0 fully saturated rings. The maximum atomic E-state index is 12.7. The lowest BCUT2D eigenvalue weighted by Gasteiger charge is -2.20. The number of ketones is 1. The lowest BCUT2D eigenvalue weighted by atomic mass is 10.1. The van der Waals surface area contributed by atoms with Crippen LogP contribution in [0.1, 0.15) is 43.5 Å². The monoisotopic (exact) mass is 265 g/mol. The van der Waals surface area contributed by atoms with E-state index in [-0.39, 0.29) is 11.6 Å². The van der Waals surface area contributed by atoms with Crippen LogP contribution in [0, 0.1) is 11.7 Å². The highest BCUT2D eigenvalue weighted by molar-refractivity contribution is 5.95. The number of carbonyl (C=O) groups is 1. The second-order valence-electron chi connectivity index (χ2n) is 5.31. The molecule has 0 N–H and O–H groups in total. The van der Waals surface area contributed by atoms with Gasteiger partial charge in [-0.25, -0.2) is 4.39 Å². The Labute approximate surface area is 115 Å². The van der Waals surface area contributed by atoms with Crippen molar-refractivity contribution in [2.24, 2.45) is 5.92 Å². The first-order chi connectivity index (χ1) is 9.02. The fourth-order valence-electron chi connectivity index (χ4n) is 2.04. The van der Waals surface area contributed by atoms with Crippen molar-refractivity contribution in [1.82, 2.24) is 4.90 Å². The van der Waals surface area contributed by atoms with E-state index < -0.39 is 0 Å². The third kappa shape index (κ3) is 5.97. The summed E-state index contributed by atoms with van der Waals surface area (Å²) < 4.78 is 12.7. The molecule has 0 aromatic heterocycles. The predicted molar refractivity (Wildman–Crippen MR) is 76.9 cm³/mol. The molecule has 1 aromatic carbocycles. The van der Waals surface area contributed by atoms with E-state index in [1.54, 1.807) is 12.1 Å². The van der Waals surface area contributed by atoms with Crippen molar-refractivity contribution < 1.29 is 9.18 Å². The molecule has 0 bridgehead atoms. The Morgan fingerprint density at radius 1 is 1.32 bits per heavy atom. The van der Waals surface area contributed by atoms with Crippen LogP contribution in [0.3, 0.4) is 0 Å². The summed E-state index contributed by atoms with van der Waals surface area (Å²) in [6, 6.07) is 5.78. The number of rotatable bonds is 8. The Balaban J connectivity index is 2.29. The SMILES string of the molecule is CCC(C)CN(C)CCCC(=O)c1ccc(F)cc1. The van der Waals surface area contributed by atoms with Crippen LogP contribution in [-0.4, -0.2) is 30.8 Å². The highest BCUT2D eigenvalue weighted by Gasteiger charge is 2.08. The van der Waals surface area contributed by atoms with Crippen molar-refractivity contribution in [2.45, 2.75) is 33.1 Å². The number of hydrogen-bond donors (Lipinski definition) is 0. The van der Waals surface area contributed by atoms with Crippen LogP contribution in [0.2, 0.25) is 0 Å². The zero-order chi connectivity index (χ0) is 14.3. The molecule has 1 unspecified atom stereocenters. The van der Waals surface area contributed by atoms with Gasteiger partial charge in [0.2, 0.25) is 0 Å². The Bertz CT molecular complexity index is 388. The number of carbonyl (C=O) groups excluding carboxylic acids is 1. The molecule has 3 heteroatoms. The first-order valence-electron chi connectivity index (χ1n) is 7.00. The van der Waals surface area contributed by atoms with Crippen molar-refractivity contribution in [3.63, 3.8) is 0 Å². The third-order valence-corrected chi connectivity index (χ3v) is 3.43. The van der Waals surface area contributed by atoms with E-state index in [2.05, 4.69) is 25.8 Å². The Kier molecular flexibility index (Phi) is 6.71. The summed E-state index contributed by atoms with van der Waals surface area (Å²) in [5.41, 5.74) is 0.603. The van der Waals surface area contributed by atoms with Crippen molar-refractivity contribution >= 4 is 5.78 Å². The van der Waals surface area contributed by atoms with Gasteiger partial charge in [0.25, 0.3) is 0 Å². The Hall–Kier alpha value is -1.22. The molecule has 19 heavy (non-hydrogen) atoms. The predicted octanol–water partition coefficient (Wildman–Crippen LogP) is 3.77. The van der Waals surface area contributed by atoms with Crippen LogP contribution in [-0.2, 0) is 0 Å². The van der Waals surface area contributed by atoms with Gasteiger partial charge in [0, 0.05) is 18.5 Å². The van der Waals surface area contributed by atoms with Crippen molar-refractivity contribution in [3.05, 3.63) is 35.6 Å². The van der Waals surface area contributed by atoms with E-state index in [0.717, 1.165) is 19.5 Å². The quantitative estimate of drug-likeness (QED) is 0.667. The van der Waals surface area contributed by atoms with Crippen LogP contribution < -0.4 is 0 Å². The topological polar surface area (TPSA) is 20.3 Å². The van der Waals surface area contributed by atoms with Crippen molar-refractivity contribution in [3.8, 4) is 0 Å². The molecule has 0 aliphatic rings. The maximum absolute atomic E-state index is 12.7. The lowest BCUT2D eigenvalue weighted by molar-refractivity contribution is 0.0975. The molecule has 1 atom stereocenters. The minimum atomic E-state index is -0.301. The minimum Gasteiger partial charge on any atom is -0.306 e. The van der Waals surface area contributed by atoms with E-state index in [0.29, 0.717) is 17.9 Å². The summed E-state index contributed by atoms with van der Waals surface area (Å²) >= 11 is 0. The van der Waals surface area contributed by atoms with E-state index in [1.165, 1.54) is 18.6 Å². The number of hydrogen-bond acceptors (Lipinski definition) is 2. The van der Waals surface area contributed by atoms with Gasteiger partial charge in [-0.1, -0.05) is 20.3 Å². The second-order valence-corrected chi connectivity index (χ2v) is 5.31. The maximum Gasteiger partial charge on any atom is 0.162 e. The minimum absolute atomic E-state index is 0.0944. The normalized spacial score (nSPS) is 12.7. The van der Waals surface area contributed by atoms with Gasteiger partial charge in [-0.05, 0) is 50.2 Å². The van der Waals surface area contributed by atoms with Crippen LogP contribution in [0.15, 0.2) is 24.3 Å². The van der Waals surface area contributed by atoms with E-state index in [9.17, 15) is 9.18 Å². The third-order valence-electron chi connectivity index (χ3n) is 3.43. The van der Waals surface area contributed by atoms with Crippen molar-refractivity contribution in [1.29, 1.82) is 0 Å². The molecule has 0 saturated carbocycles. The van der Waals surface area contributed by atoms with Gasteiger partial charge < -0.3 is 4.90 Å². The molecule has 0 saturated heterocycles. The standard InChI is InChI=1S/C16H24FNO/c1-4-13(2)12-18(3)11-5-6-16(19)14-7-9-15(17)10-8-14/h7-10,13H,4-6,11-12H2,1-3H3. The second kappa shape index (κ2) is 8.05. The summed E-state index contributed by atoms with van der Waals surface area (Å²) in [6.07, 6.45) is 2.55. The van der Waals surface area contributed by atoms with E-state index in [1.807, 2.05) is 0 Å². The first kappa shape index (κ1) is 15.8. The molecule has 106 valence electrons. The summed E-state index contributed by atoms with van der Waals surface area (Å²) in [6.45, 7) is 6.43. The van der Waals surface area contributed by atoms with Crippen molar-refractivity contribution in [2.75, 3.05) is 20.1 Å². The van der Waals surface area contributed by atoms with Gasteiger partial charge in [0.05, 0.1) is 0 Å². The number of benzene rings is 1. The number of halogens is 1. The molecule has 0 amide bonds. The highest BCUT2D eigenvalue weighted by atomic mass is 19.1. The van der Waals surface area contributed by atoms with E-state index >= 15 is 0 Å². The molecule has 1 rings (SSSR count). The van der Waals surface area contributed by atoms with Gasteiger partial charge in [-0.3, -0.25) is 4.79 Å². The van der Waals surface area contributed by atoms with Crippen LogP contribution in [0.4, 0.5) is 4.39 Å². The Morgan fingerprint density at radius 2 is 1.95 bits per heavy atom. The number of nitrogens with zero attached hydrogens (tertiary/aromatic N) is 1. The first-order valence-corrected chi connectivity index (χ1v) is 7.00. The number of Topliss-reactive ketones (excluding diaryl/α,β-unsaturated/α-hetero) is 1. The average molecular weight is 265 g/mol. The molecule has 0 spiro atoms. The Morgan fingerprint density at radius 3 is 2.53 bits per heavy atom. The highest BCUT2D eigenvalue weighted by Crippen LogP contribution is 2.08. The fraction of sp³-hybridized carbons (Fsp3) is 0.562. The molecule has 1 aromatic rings. The van der Waals surface area contributed by atoms with Gasteiger partial charge in [0.15, 0.2) is 5.78 Å². The molecule has 0 radical (unpaired) electrons. The smallest absolute Gasteiger partial charge is 0.162 e. The van der Waals surface area contributed by atoms with Gasteiger partial charge in [0.1, 0.15) is 5.82 Å². The zero-order valence-corrected chi connectivity index (χ0v) is 12.2. The molecule has 0 aliphatic carbocycles. The lowest BCUT2D eigenvalue weighted by Crippen LogP contribution is -2.25. The van der Waals surface area contributed by atoms with Crippen LogP contribution in [0.5, 0.6) is 0 Å². The van der Waals surface area contributed by atoms with E-state index in [4.69, 9.17) is 0 Å². The largest absolute Gasteiger partial charge is 0.306 e. The molecule has 0 heterocycles. The molecular formula is C16H24FNO. The molecule has 0 aliphatic heterocycles. The molecular weight excluding hydrogens is 241 g/mol. The average Bonchev–Trinajstić information content (AvgIpc) is 2.39. The van der Waals surface area contributed by atoms with Gasteiger partial charge >= 0.3 is 0 Å². The summed E-state index contributed by atoms with van der Waals surface area (Å²) in [7, 11) is 2.09. The summed E-state index contributed by atoms with van der Waals surface area (Å²) in [4.78, 5) is 14.1. The van der Waals surface area contributed by atoms with Gasteiger partial charge in [-0.15, -0.1) is 0 Å². The zero-order valence-electron chi connectivity index (χ0n) is 12.2. The van der Waals surface area contributed by atoms with Crippen LogP contribution >= 0.6 is 0 Å². The summed E-state index contributed by atoms with van der Waals surface area (Å²) in [5, 5.41) is 0. The summed E-state index contributed by atoms with van der Waals surface area (Å²) in [5.74, 6) is 0.486. The van der Waals surface area contributed by atoms with Gasteiger partial charge in [-0.2, -0.15) is 0 Å².